The van der Waals surface area contributed by atoms with E-state index in [4.69, 9.17) is 0 Å². The van der Waals surface area contributed by atoms with Crippen LogP contribution >= 0.6 is 0 Å². The molecule has 0 atom stereocenters. The first-order valence-corrected chi connectivity index (χ1v) is 6.95. The highest BCUT2D eigenvalue weighted by molar-refractivity contribution is 6.06. The fourth-order valence-electron chi connectivity index (χ4n) is 3.35. The van der Waals surface area contributed by atoms with Crippen LogP contribution in [0.4, 0.5) is 0 Å². The van der Waals surface area contributed by atoms with Gasteiger partial charge >= 0.3 is 0 Å². The van der Waals surface area contributed by atoms with Crippen LogP contribution in [0.2, 0.25) is 0 Å². The van der Waals surface area contributed by atoms with E-state index < -0.39 is 0 Å². The number of benzene rings is 2. The van der Waals surface area contributed by atoms with E-state index in [-0.39, 0.29) is 0 Å². The summed E-state index contributed by atoms with van der Waals surface area (Å²) in [6.07, 6.45) is 9.84. The first kappa shape index (κ1) is 10.2. The Balaban J connectivity index is 2.15. The monoisotopic (exact) mass is 257 g/mol. The van der Waals surface area contributed by atoms with Crippen molar-refractivity contribution in [1.82, 2.24) is 4.40 Å². The average molecular weight is 257 g/mol. The molecule has 0 amide bonds. The Kier molecular flexibility index (Phi) is 1.78. The van der Waals surface area contributed by atoms with Gasteiger partial charge < -0.3 is 0 Å². The van der Waals surface area contributed by atoms with Crippen LogP contribution in [-0.2, 0) is 6.42 Å². The lowest BCUT2D eigenvalue weighted by Gasteiger charge is -2.02. The van der Waals surface area contributed by atoms with E-state index in [1.54, 1.807) is 0 Å². The Bertz CT molecular complexity index is 1060. The molecule has 0 unspecified atom stereocenters. The third-order valence-corrected chi connectivity index (χ3v) is 4.26. The highest BCUT2D eigenvalue weighted by Gasteiger charge is 2.18. The van der Waals surface area contributed by atoms with Crippen LogP contribution < -0.4 is 10.2 Å². The van der Waals surface area contributed by atoms with E-state index in [9.17, 15) is 0 Å². The minimum Gasteiger partial charge on any atom is -0.239 e. The summed E-state index contributed by atoms with van der Waals surface area (Å²) in [5, 5.41) is 3.91. The van der Waals surface area contributed by atoms with Crippen LogP contribution in [0.3, 0.4) is 0 Å². The van der Waals surface area contributed by atoms with Crippen molar-refractivity contribution in [2.45, 2.75) is 6.42 Å². The van der Waals surface area contributed by atoms with Gasteiger partial charge in [0.2, 0.25) is 0 Å². The van der Waals surface area contributed by atoms with Crippen molar-refractivity contribution in [3.8, 4) is 0 Å². The van der Waals surface area contributed by atoms with Crippen LogP contribution in [0.25, 0.3) is 33.5 Å². The van der Waals surface area contributed by atoms with Crippen LogP contribution in [-0.4, -0.2) is 4.40 Å². The number of allylic oxidation sites excluding steroid dienone is 2. The van der Waals surface area contributed by atoms with Crippen LogP contribution in [0, 0.1) is 0 Å². The maximum absolute atomic E-state index is 3.61. The van der Waals surface area contributed by atoms with Crippen LogP contribution in [0.15, 0.2) is 54.7 Å². The minimum absolute atomic E-state index is 1.01. The van der Waals surface area contributed by atoms with Gasteiger partial charge in [0.05, 0.1) is 10.6 Å². The van der Waals surface area contributed by atoms with Crippen molar-refractivity contribution in [1.29, 1.82) is 0 Å². The standard InChI is InChI=1S/C18H12N2/c1-2-8-14-13(5-1)11-20-16-10-4-7-12-6-3-9-15(17(12)16)19-18(14)20/h1-4,6-11H,5H2/p+1. The first-order valence-electron chi connectivity index (χ1n) is 6.95. The lowest BCUT2D eigenvalue weighted by molar-refractivity contribution is -0.316. The Labute approximate surface area is 115 Å². The zero-order valence-corrected chi connectivity index (χ0v) is 10.9. The van der Waals surface area contributed by atoms with Gasteiger partial charge in [-0.1, -0.05) is 36.4 Å². The number of H-pyrrole nitrogens is 1. The number of rotatable bonds is 0. The molecule has 1 aliphatic rings. The zero-order valence-electron chi connectivity index (χ0n) is 10.9. The molecule has 2 aromatic carbocycles. The molecule has 2 heteroatoms. The van der Waals surface area contributed by atoms with Gasteiger partial charge in [0, 0.05) is 5.56 Å². The Hall–Kier alpha value is -2.61. The summed E-state index contributed by atoms with van der Waals surface area (Å²) in [5.41, 5.74) is 5.06. The maximum Gasteiger partial charge on any atom is 0.292 e. The molecule has 20 heavy (non-hydrogen) atoms. The SMILES string of the molecule is C1=CCc2cn3c([nH+]c4cccc5cccc3c54)c2=C1. The van der Waals surface area contributed by atoms with E-state index in [1.165, 1.54) is 38.2 Å². The predicted molar refractivity (Wildman–Crippen MR) is 81.5 cm³/mol. The molecule has 4 aromatic rings. The molecule has 94 valence electrons. The fraction of sp³-hybridized carbons (Fsp3) is 0.0556. The number of aromatic amines is 1. The molecule has 2 aromatic heterocycles. The lowest BCUT2D eigenvalue weighted by atomic mass is 10.1. The summed E-state index contributed by atoms with van der Waals surface area (Å²) in [4.78, 5) is 3.61. The smallest absolute Gasteiger partial charge is 0.239 e. The largest absolute Gasteiger partial charge is 0.292 e. The van der Waals surface area contributed by atoms with Crippen molar-refractivity contribution in [3.63, 3.8) is 0 Å². The van der Waals surface area contributed by atoms with Gasteiger partial charge in [-0.3, -0.25) is 0 Å². The highest BCUT2D eigenvalue weighted by atomic mass is 15.0. The Morgan fingerprint density at radius 3 is 2.90 bits per heavy atom. The molecular weight excluding hydrogens is 244 g/mol. The summed E-state index contributed by atoms with van der Waals surface area (Å²) >= 11 is 0. The highest BCUT2D eigenvalue weighted by Crippen LogP contribution is 2.24. The van der Waals surface area contributed by atoms with Gasteiger partial charge in [-0.05, 0) is 30.0 Å². The van der Waals surface area contributed by atoms with Gasteiger partial charge in [0.25, 0.3) is 5.65 Å². The number of nitrogens with zero attached hydrogens (tertiary/aromatic N) is 1. The number of hydrogen-bond acceptors (Lipinski definition) is 0. The molecule has 5 rings (SSSR count). The maximum atomic E-state index is 3.61. The van der Waals surface area contributed by atoms with Crippen molar-refractivity contribution >= 4 is 33.5 Å². The van der Waals surface area contributed by atoms with Gasteiger partial charge in [-0.15, -0.1) is 0 Å². The molecule has 0 bridgehead atoms. The topological polar surface area (TPSA) is 18.6 Å². The Morgan fingerprint density at radius 1 is 1.05 bits per heavy atom. The number of nitrogens with one attached hydrogen (secondary N) is 1. The molecule has 0 spiro atoms. The third-order valence-electron chi connectivity index (χ3n) is 4.26. The van der Waals surface area contributed by atoms with Crippen LogP contribution in [0.5, 0.6) is 0 Å². The summed E-state index contributed by atoms with van der Waals surface area (Å²) in [5.74, 6) is 0. The Morgan fingerprint density at radius 2 is 1.95 bits per heavy atom. The zero-order chi connectivity index (χ0) is 13.1. The third kappa shape index (κ3) is 1.16. The summed E-state index contributed by atoms with van der Waals surface area (Å²) < 4.78 is 2.30. The van der Waals surface area contributed by atoms with Gasteiger partial charge in [-0.2, -0.15) is 4.40 Å². The lowest BCUT2D eigenvalue weighted by Crippen LogP contribution is -2.18. The molecule has 1 N–H and O–H groups in total. The molecule has 0 fully saturated rings. The van der Waals surface area contributed by atoms with E-state index in [0.717, 1.165) is 6.42 Å². The minimum atomic E-state index is 1.01. The molecule has 0 saturated heterocycles. The van der Waals surface area contributed by atoms with Crippen molar-refractivity contribution < 1.29 is 4.98 Å². The quantitative estimate of drug-likeness (QED) is 0.461. The second-order valence-electron chi connectivity index (χ2n) is 5.39. The van der Waals surface area contributed by atoms with Gasteiger partial charge in [-0.25, -0.2) is 4.98 Å². The summed E-state index contributed by atoms with van der Waals surface area (Å²) in [6, 6.07) is 13.0. The van der Waals surface area contributed by atoms with E-state index in [1.807, 2.05) is 0 Å². The van der Waals surface area contributed by atoms with Crippen molar-refractivity contribution in [2.75, 3.05) is 0 Å². The van der Waals surface area contributed by atoms with Gasteiger partial charge in [0.1, 0.15) is 17.2 Å². The normalized spacial score (nSPS) is 14.0. The summed E-state index contributed by atoms with van der Waals surface area (Å²) in [7, 11) is 0. The molecule has 2 heterocycles. The van der Waals surface area contributed by atoms with E-state index in [0.29, 0.717) is 0 Å². The predicted octanol–water partition coefficient (Wildman–Crippen LogP) is 2.67. The van der Waals surface area contributed by atoms with Crippen molar-refractivity contribution in [3.05, 3.63) is 65.5 Å². The average Bonchev–Trinajstić information content (AvgIpc) is 2.87. The molecule has 1 aliphatic carbocycles. The second kappa shape index (κ2) is 3.48. The number of aromatic nitrogens is 2. The molecule has 0 radical (unpaired) electrons. The number of hydrogen-bond donors (Lipinski definition) is 0. The molecule has 0 saturated carbocycles. The number of fused-ring (bicyclic) bond motifs is 4. The molecule has 2 nitrogen and oxygen atoms in total. The molecule has 0 aliphatic heterocycles. The fourth-order valence-corrected chi connectivity index (χ4v) is 3.35. The van der Waals surface area contributed by atoms with E-state index in [2.05, 4.69) is 70.2 Å². The molecular formula is C18H13N2+. The summed E-state index contributed by atoms with van der Waals surface area (Å²) in [6.45, 7) is 0. The van der Waals surface area contributed by atoms with Crippen molar-refractivity contribution in [2.24, 2.45) is 0 Å². The van der Waals surface area contributed by atoms with E-state index >= 15 is 0 Å². The van der Waals surface area contributed by atoms with Gasteiger partial charge in [0.15, 0.2) is 0 Å². The first-order chi connectivity index (χ1) is 9.92. The second-order valence-corrected chi connectivity index (χ2v) is 5.39. The van der Waals surface area contributed by atoms with Crippen LogP contribution in [0.1, 0.15) is 5.56 Å².